The fourth-order valence-electron chi connectivity index (χ4n) is 4.03. The van der Waals surface area contributed by atoms with Crippen LogP contribution in [0.5, 0.6) is 5.75 Å². The Morgan fingerprint density at radius 1 is 1.19 bits per heavy atom. The summed E-state index contributed by atoms with van der Waals surface area (Å²) in [6.07, 6.45) is 2.00. The van der Waals surface area contributed by atoms with Gasteiger partial charge >= 0.3 is 0 Å². The van der Waals surface area contributed by atoms with E-state index in [1.807, 2.05) is 4.90 Å². The molecule has 6 nitrogen and oxygen atoms in total. The van der Waals surface area contributed by atoms with Gasteiger partial charge in [0.25, 0.3) is 0 Å². The summed E-state index contributed by atoms with van der Waals surface area (Å²) < 4.78 is 30.3. The molecule has 2 aliphatic rings. The van der Waals surface area contributed by atoms with E-state index in [-0.39, 0.29) is 29.0 Å². The van der Waals surface area contributed by atoms with Crippen molar-refractivity contribution < 1.29 is 17.9 Å². The summed E-state index contributed by atoms with van der Waals surface area (Å²) in [5.41, 5.74) is 0. The fraction of sp³-hybridized carbons (Fsp3) is 0.632. The minimum absolute atomic E-state index is 0. The zero-order chi connectivity index (χ0) is 18.7. The van der Waals surface area contributed by atoms with Crippen molar-refractivity contribution in [2.24, 2.45) is 17.8 Å². The Balaban J connectivity index is 0.00000261. The topological polar surface area (TPSA) is 75.7 Å². The first-order valence-electron chi connectivity index (χ1n) is 9.27. The average molecular weight is 417 g/mol. The van der Waals surface area contributed by atoms with Crippen LogP contribution in [0, 0.1) is 17.8 Å². The van der Waals surface area contributed by atoms with Crippen LogP contribution in [0.15, 0.2) is 29.2 Å². The van der Waals surface area contributed by atoms with Crippen molar-refractivity contribution in [3.8, 4) is 5.75 Å². The highest BCUT2D eigenvalue weighted by Gasteiger charge is 2.33. The lowest BCUT2D eigenvalue weighted by atomic mass is 9.92. The standard InChI is InChI=1S/C19H28N2O4S.ClH/c1-14(13-26(23,24)18-5-3-17(25-2)4-6-18)19(22)21-9-7-15-11-20-12-16(15)8-10-21;/h3-6,14-16,20H,7-13H2,1-2H3;1H/t14?,15-,16+;. The van der Waals surface area contributed by atoms with Gasteiger partial charge in [-0.1, -0.05) is 6.92 Å². The minimum Gasteiger partial charge on any atom is -0.497 e. The molecule has 0 saturated carbocycles. The number of amides is 1. The first-order valence-corrected chi connectivity index (χ1v) is 10.9. The SMILES string of the molecule is COc1ccc(S(=O)(=O)CC(C)C(=O)N2CC[C@@H]3CNC[C@@H]3CC2)cc1.Cl. The van der Waals surface area contributed by atoms with Gasteiger partial charge in [0.2, 0.25) is 5.91 Å². The first-order chi connectivity index (χ1) is 12.4. The number of carbonyl (C=O) groups is 1. The van der Waals surface area contributed by atoms with E-state index >= 15 is 0 Å². The molecule has 0 aliphatic carbocycles. The zero-order valence-corrected chi connectivity index (χ0v) is 17.5. The Bertz CT molecular complexity index is 725. The van der Waals surface area contributed by atoms with Crippen molar-refractivity contribution in [3.63, 3.8) is 0 Å². The number of rotatable bonds is 5. The summed E-state index contributed by atoms with van der Waals surface area (Å²) in [7, 11) is -1.97. The van der Waals surface area contributed by atoms with Crippen LogP contribution in [0.4, 0.5) is 0 Å². The lowest BCUT2D eigenvalue weighted by Gasteiger charge is -2.24. The highest BCUT2D eigenvalue weighted by molar-refractivity contribution is 7.91. The molecule has 1 amide bonds. The van der Waals surface area contributed by atoms with E-state index < -0.39 is 15.8 Å². The monoisotopic (exact) mass is 416 g/mol. The molecule has 2 fully saturated rings. The number of likely N-dealkylation sites (tertiary alicyclic amines) is 1. The molecule has 8 heteroatoms. The van der Waals surface area contributed by atoms with Crippen molar-refractivity contribution >= 4 is 28.2 Å². The molecule has 0 spiro atoms. The number of benzene rings is 1. The normalized spacial score (nSPS) is 23.7. The van der Waals surface area contributed by atoms with Crippen LogP contribution in [0.3, 0.4) is 0 Å². The van der Waals surface area contributed by atoms with Crippen molar-refractivity contribution in [3.05, 3.63) is 24.3 Å². The predicted octanol–water partition coefficient (Wildman–Crippen LogP) is 1.98. The average Bonchev–Trinajstić information content (AvgIpc) is 2.99. The summed E-state index contributed by atoms with van der Waals surface area (Å²) in [6.45, 7) is 5.25. The molecule has 27 heavy (non-hydrogen) atoms. The summed E-state index contributed by atoms with van der Waals surface area (Å²) in [5.74, 6) is 1.14. The molecule has 1 aromatic rings. The maximum absolute atomic E-state index is 12.8. The number of halogens is 1. The maximum Gasteiger partial charge on any atom is 0.226 e. The number of sulfone groups is 1. The number of hydrogen-bond donors (Lipinski definition) is 1. The second kappa shape index (κ2) is 9.26. The molecule has 0 radical (unpaired) electrons. The third-order valence-corrected chi connectivity index (χ3v) is 7.57. The number of nitrogens with zero attached hydrogens (tertiary/aromatic N) is 1. The van der Waals surface area contributed by atoms with Gasteiger partial charge < -0.3 is 15.0 Å². The maximum atomic E-state index is 12.8. The van der Waals surface area contributed by atoms with Crippen LogP contribution in [0.25, 0.3) is 0 Å². The lowest BCUT2D eigenvalue weighted by molar-refractivity contribution is -0.134. The molecule has 0 bridgehead atoms. The van der Waals surface area contributed by atoms with E-state index in [0.29, 0.717) is 17.6 Å². The number of methoxy groups -OCH3 is 1. The van der Waals surface area contributed by atoms with Crippen LogP contribution in [0.2, 0.25) is 0 Å². The predicted molar refractivity (Wildman–Crippen MR) is 107 cm³/mol. The van der Waals surface area contributed by atoms with Gasteiger partial charge in [0, 0.05) is 19.0 Å². The Morgan fingerprint density at radius 2 is 1.74 bits per heavy atom. The van der Waals surface area contributed by atoms with Crippen LogP contribution in [-0.4, -0.2) is 58.3 Å². The quantitative estimate of drug-likeness (QED) is 0.794. The smallest absolute Gasteiger partial charge is 0.226 e. The van der Waals surface area contributed by atoms with E-state index in [0.717, 1.165) is 39.0 Å². The van der Waals surface area contributed by atoms with Gasteiger partial charge in [-0.25, -0.2) is 8.42 Å². The van der Waals surface area contributed by atoms with Crippen LogP contribution < -0.4 is 10.1 Å². The Morgan fingerprint density at radius 3 is 2.26 bits per heavy atom. The van der Waals surface area contributed by atoms with Crippen LogP contribution >= 0.6 is 12.4 Å². The number of fused-ring (bicyclic) bond motifs is 1. The third kappa shape index (κ3) is 5.15. The van der Waals surface area contributed by atoms with Gasteiger partial charge in [-0.15, -0.1) is 12.4 Å². The molecule has 3 atom stereocenters. The molecule has 3 rings (SSSR count). The second-order valence-corrected chi connectivity index (χ2v) is 9.47. The van der Waals surface area contributed by atoms with Gasteiger partial charge in [-0.2, -0.15) is 0 Å². The Kier molecular flexibility index (Phi) is 7.54. The molecule has 1 unspecified atom stereocenters. The van der Waals surface area contributed by atoms with E-state index in [1.165, 1.54) is 19.2 Å². The first kappa shape index (κ1) is 22.0. The Hall–Kier alpha value is -1.31. The highest BCUT2D eigenvalue weighted by atomic mass is 35.5. The van der Waals surface area contributed by atoms with Gasteiger partial charge in [0.1, 0.15) is 5.75 Å². The second-order valence-electron chi connectivity index (χ2n) is 7.44. The van der Waals surface area contributed by atoms with Crippen molar-refractivity contribution in [2.45, 2.75) is 24.7 Å². The minimum atomic E-state index is -3.51. The van der Waals surface area contributed by atoms with Crippen LogP contribution in [-0.2, 0) is 14.6 Å². The van der Waals surface area contributed by atoms with E-state index in [2.05, 4.69) is 5.32 Å². The van der Waals surface area contributed by atoms with Gasteiger partial charge in [0.05, 0.1) is 17.8 Å². The molecular formula is C19H29ClN2O4S. The van der Waals surface area contributed by atoms with Crippen molar-refractivity contribution in [1.29, 1.82) is 0 Å². The van der Waals surface area contributed by atoms with Crippen molar-refractivity contribution in [1.82, 2.24) is 10.2 Å². The van der Waals surface area contributed by atoms with E-state index in [4.69, 9.17) is 4.74 Å². The summed E-state index contributed by atoms with van der Waals surface area (Å²) in [6, 6.07) is 6.32. The number of ether oxygens (including phenoxy) is 1. The zero-order valence-electron chi connectivity index (χ0n) is 15.9. The molecule has 2 heterocycles. The van der Waals surface area contributed by atoms with Gasteiger partial charge in [0.15, 0.2) is 9.84 Å². The fourth-order valence-corrected chi connectivity index (χ4v) is 5.57. The van der Waals surface area contributed by atoms with Gasteiger partial charge in [-0.05, 0) is 62.0 Å². The molecule has 0 aromatic heterocycles. The molecule has 152 valence electrons. The molecular weight excluding hydrogens is 388 g/mol. The summed E-state index contributed by atoms with van der Waals surface area (Å²) in [4.78, 5) is 14.9. The Labute approximate surface area is 168 Å². The summed E-state index contributed by atoms with van der Waals surface area (Å²) in [5, 5.41) is 3.42. The summed E-state index contributed by atoms with van der Waals surface area (Å²) >= 11 is 0. The van der Waals surface area contributed by atoms with Crippen LogP contribution in [0.1, 0.15) is 19.8 Å². The third-order valence-electron chi connectivity index (χ3n) is 5.64. The van der Waals surface area contributed by atoms with E-state index in [1.54, 1.807) is 19.1 Å². The lowest BCUT2D eigenvalue weighted by Crippen LogP contribution is -2.38. The number of hydrogen-bond acceptors (Lipinski definition) is 5. The molecule has 1 N–H and O–H groups in total. The highest BCUT2D eigenvalue weighted by Crippen LogP contribution is 2.28. The number of nitrogens with one attached hydrogen (secondary N) is 1. The molecule has 1 aromatic carbocycles. The van der Waals surface area contributed by atoms with E-state index in [9.17, 15) is 13.2 Å². The van der Waals surface area contributed by atoms with Crippen molar-refractivity contribution in [2.75, 3.05) is 39.0 Å². The number of carbonyl (C=O) groups excluding carboxylic acids is 1. The molecule has 2 aliphatic heterocycles. The molecule has 2 saturated heterocycles. The van der Waals surface area contributed by atoms with Gasteiger partial charge in [-0.3, -0.25) is 4.79 Å². The largest absolute Gasteiger partial charge is 0.497 e.